The molecule has 5 nitrogen and oxygen atoms in total. The summed E-state index contributed by atoms with van der Waals surface area (Å²) >= 11 is 1.63. The lowest BCUT2D eigenvalue weighted by molar-refractivity contribution is 0.0939. The van der Waals surface area contributed by atoms with Gasteiger partial charge in [-0.25, -0.2) is 0 Å². The Hall–Kier alpha value is -2.73. The van der Waals surface area contributed by atoms with Crippen LogP contribution in [0.2, 0.25) is 0 Å². The Morgan fingerprint density at radius 1 is 1.17 bits per heavy atom. The summed E-state index contributed by atoms with van der Waals surface area (Å²) in [6.45, 7) is 3.92. The van der Waals surface area contributed by atoms with Gasteiger partial charge >= 0.3 is 0 Å². The van der Waals surface area contributed by atoms with Gasteiger partial charge in [0.2, 0.25) is 0 Å². The van der Waals surface area contributed by atoms with Gasteiger partial charge in [-0.1, -0.05) is 0 Å². The predicted molar refractivity (Wildman–Crippen MR) is 95.2 cm³/mol. The summed E-state index contributed by atoms with van der Waals surface area (Å²) in [7, 11) is 0. The number of hydrogen-bond donors (Lipinski definition) is 2. The molecule has 0 aliphatic carbocycles. The van der Waals surface area contributed by atoms with Crippen LogP contribution in [0.1, 0.15) is 33.1 Å². The van der Waals surface area contributed by atoms with Crippen molar-refractivity contribution in [3.05, 3.63) is 74.5 Å². The maximum Gasteiger partial charge on any atom is 0.261 e. The van der Waals surface area contributed by atoms with Crippen LogP contribution in [-0.4, -0.2) is 15.9 Å². The van der Waals surface area contributed by atoms with Crippen LogP contribution >= 0.6 is 11.3 Å². The van der Waals surface area contributed by atoms with E-state index in [1.807, 2.05) is 26.0 Å². The summed E-state index contributed by atoms with van der Waals surface area (Å²) in [6, 6.07) is 10.7. The highest BCUT2D eigenvalue weighted by atomic mass is 32.1. The molecule has 0 aliphatic heterocycles. The molecule has 0 bridgehead atoms. The van der Waals surface area contributed by atoms with E-state index in [-0.39, 0.29) is 17.5 Å². The maximum atomic E-state index is 12.4. The zero-order chi connectivity index (χ0) is 17.1. The number of nitrogens with one attached hydrogen (secondary N) is 2. The van der Waals surface area contributed by atoms with Crippen LogP contribution < -0.4 is 10.9 Å². The third-order valence-corrected chi connectivity index (χ3v) is 4.86. The molecule has 0 unspecified atom stereocenters. The molecule has 0 radical (unpaired) electrons. The molecule has 0 saturated carbocycles. The molecule has 0 spiro atoms. The number of H-pyrrole nitrogens is 1. The van der Waals surface area contributed by atoms with Gasteiger partial charge in [0.05, 0.1) is 6.04 Å². The number of pyridine rings is 2. The van der Waals surface area contributed by atoms with Gasteiger partial charge in [0.25, 0.3) is 11.5 Å². The molecule has 2 N–H and O–H groups in total. The predicted octanol–water partition coefficient (Wildman–Crippen LogP) is 3.30. The van der Waals surface area contributed by atoms with Crippen molar-refractivity contribution in [1.29, 1.82) is 0 Å². The van der Waals surface area contributed by atoms with Gasteiger partial charge in [-0.2, -0.15) is 0 Å². The second-order valence-electron chi connectivity index (χ2n) is 5.49. The minimum atomic E-state index is -0.406. The van der Waals surface area contributed by atoms with E-state index < -0.39 is 5.56 Å². The highest BCUT2D eigenvalue weighted by Crippen LogP contribution is 2.22. The molecule has 1 atom stereocenters. The van der Waals surface area contributed by atoms with Crippen molar-refractivity contribution < 1.29 is 4.79 Å². The molecule has 3 aromatic heterocycles. The van der Waals surface area contributed by atoms with Crippen molar-refractivity contribution in [1.82, 2.24) is 15.3 Å². The van der Waals surface area contributed by atoms with Gasteiger partial charge in [-0.15, -0.1) is 11.3 Å². The molecule has 122 valence electrons. The zero-order valence-electron chi connectivity index (χ0n) is 13.4. The van der Waals surface area contributed by atoms with Gasteiger partial charge < -0.3 is 10.3 Å². The Morgan fingerprint density at radius 3 is 2.54 bits per heavy atom. The van der Waals surface area contributed by atoms with E-state index in [1.165, 1.54) is 4.88 Å². The Morgan fingerprint density at radius 2 is 1.92 bits per heavy atom. The minimum absolute atomic E-state index is 0.105. The monoisotopic (exact) mass is 339 g/mol. The summed E-state index contributed by atoms with van der Waals surface area (Å²) in [5, 5.41) is 2.87. The van der Waals surface area contributed by atoms with Gasteiger partial charge in [0.1, 0.15) is 5.56 Å². The minimum Gasteiger partial charge on any atom is -0.345 e. The van der Waals surface area contributed by atoms with E-state index in [0.717, 1.165) is 10.4 Å². The lowest BCUT2D eigenvalue weighted by Crippen LogP contribution is -2.31. The highest BCUT2D eigenvalue weighted by molar-refractivity contribution is 7.12. The summed E-state index contributed by atoms with van der Waals surface area (Å²) in [4.78, 5) is 33.6. The fourth-order valence-corrected chi connectivity index (χ4v) is 3.26. The van der Waals surface area contributed by atoms with Crippen molar-refractivity contribution in [3.63, 3.8) is 0 Å². The second-order valence-corrected chi connectivity index (χ2v) is 6.81. The van der Waals surface area contributed by atoms with Crippen molar-refractivity contribution in [2.45, 2.75) is 19.9 Å². The van der Waals surface area contributed by atoms with E-state index in [1.54, 1.807) is 48.0 Å². The van der Waals surface area contributed by atoms with Crippen molar-refractivity contribution >= 4 is 17.2 Å². The molecule has 24 heavy (non-hydrogen) atoms. The Labute approximate surface area is 143 Å². The lowest BCUT2D eigenvalue weighted by atomic mass is 10.1. The third kappa shape index (κ3) is 3.44. The molecule has 0 saturated heterocycles. The number of thiophene rings is 1. The average molecular weight is 339 g/mol. The van der Waals surface area contributed by atoms with Crippen LogP contribution in [-0.2, 0) is 0 Å². The van der Waals surface area contributed by atoms with E-state index >= 15 is 0 Å². The SMILES string of the molecule is Cc1ccc([C@H](C)NC(=O)c2ccc(-c3ccncc3)[nH]c2=O)s1. The number of carbonyl (C=O) groups is 1. The fourth-order valence-electron chi connectivity index (χ4n) is 2.38. The Kier molecular flexibility index (Phi) is 4.57. The number of amides is 1. The maximum absolute atomic E-state index is 12.4. The van der Waals surface area contributed by atoms with Crippen LogP contribution in [0.15, 0.2) is 53.6 Å². The summed E-state index contributed by atoms with van der Waals surface area (Å²) in [6.07, 6.45) is 3.30. The molecule has 3 aromatic rings. The first-order valence-corrected chi connectivity index (χ1v) is 8.37. The van der Waals surface area contributed by atoms with Crippen LogP contribution in [0.5, 0.6) is 0 Å². The molecule has 3 rings (SSSR count). The normalized spacial score (nSPS) is 11.9. The number of aromatic amines is 1. The molecule has 0 fully saturated rings. The van der Waals surface area contributed by atoms with Crippen LogP contribution in [0.4, 0.5) is 0 Å². The number of hydrogen-bond acceptors (Lipinski definition) is 4. The zero-order valence-corrected chi connectivity index (χ0v) is 14.2. The first-order chi connectivity index (χ1) is 11.5. The van der Waals surface area contributed by atoms with Crippen molar-refractivity contribution in [2.24, 2.45) is 0 Å². The largest absolute Gasteiger partial charge is 0.345 e. The van der Waals surface area contributed by atoms with Gasteiger partial charge in [0.15, 0.2) is 0 Å². The molecule has 6 heteroatoms. The fraction of sp³-hybridized carbons (Fsp3) is 0.167. The summed E-state index contributed by atoms with van der Waals surface area (Å²) in [5.74, 6) is -0.379. The van der Waals surface area contributed by atoms with Gasteiger partial charge in [-0.05, 0) is 50.2 Å². The first-order valence-electron chi connectivity index (χ1n) is 7.55. The van der Waals surface area contributed by atoms with Gasteiger partial charge in [-0.3, -0.25) is 14.6 Å². The second kappa shape index (κ2) is 6.80. The number of nitrogens with zero attached hydrogens (tertiary/aromatic N) is 1. The van der Waals surface area contributed by atoms with Crippen molar-refractivity contribution in [3.8, 4) is 11.3 Å². The average Bonchev–Trinajstić information content (AvgIpc) is 3.02. The number of rotatable bonds is 4. The molecular weight excluding hydrogens is 322 g/mol. The summed E-state index contributed by atoms with van der Waals surface area (Å²) < 4.78 is 0. The molecular formula is C18H17N3O2S. The van der Waals surface area contributed by atoms with Crippen LogP contribution in [0.25, 0.3) is 11.3 Å². The first kappa shape index (κ1) is 16.1. The molecule has 0 aliphatic rings. The molecule has 3 heterocycles. The number of aromatic nitrogens is 2. The third-order valence-electron chi connectivity index (χ3n) is 3.68. The van der Waals surface area contributed by atoms with E-state index in [4.69, 9.17) is 0 Å². The van der Waals surface area contributed by atoms with Crippen molar-refractivity contribution in [2.75, 3.05) is 0 Å². The Bertz CT molecular complexity index is 915. The van der Waals surface area contributed by atoms with Crippen LogP contribution in [0.3, 0.4) is 0 Å². The highest BCUT2D eigenvalue weighted by Gasteiger charge is 2.16. The van der Waals surface area contributed by atoms with Gasteiger partial charge in [0, 0.05) is 33.4 Å². The van der Waals surface area contributed by atoms with Crippen LogP contribution in [0, 0.1) is 6.92 Å². The molecule has 1 amide bonds. The standard InChI is InChI=1S/C18H17N3O2S/c1-11-3-6-16(24-11)12(2)20-17(22)14-4-5-15(21-18(14)23)13-7-9-19-10-8-13/h3-10,12H,1-2H3,(H,20,22)(H,21,23)/t12-/m0/s1. The number of carbonyl (C=O) groups excluding carboxylic acids is 1. The Balaban J connectivity index is 1.79. The topological polar surface area (TPSA) is 74.8 Å². The quantitative estimate of drug-likeness (QED) is 0.766. The smallest absolute Gasteiger partial charge is 0.261 e. The lowest BCUT2D eigenvalue weighted by Gasteiger charge is -2.12. The summed E-state index contributed by atoms with van der Waals surface area (Å²) in [5.41, 5.74) is 1.20. The number of aryl methyl sites for hydroxylation is 1. The molecule has 0 aromatic carbocycles. The van der Waals surface area contributed by atoms with E-state index in [9.17, 15) is 9.59 Å². The van der Waals surface area contributed by atoms with E-state index in [0.29, 0.717) is 5.69 Å². The van der Waals surface area contributed by atoms with E-state index in [2.05, 4.69) is 15.3 Å².